The second-order valence-electron chi connectivity index (χ2n) is 6.14. The van der Waals surface area contributed by atoms with Gasteiger partial charge in [0.2, 0.25) is 11.8 Å². The molecule has 0 spiro atoms. The van der Waals surface area contributed by atoms with Crippen LogP contribution in [0.2, 0.25) is 0 Å². The Kier molecular flexibility index (Phi) is 6.14. The van der Waals surface area contributed by atoms with E-state index in [1.54, 1.807) is 24.3 Å². The number of anilines is 1. The summed E-state index contributed by atoms with van der Waals surface area (Å²) >= 11 is 5.28. The van der Waals surface area contributed by atoms with E-state index in [-0.39, 0.29) is 11.0 Å². The quantitative estimate of drug-likeness (QED) is 0.584. The molecule has 0 saturated carbocycles. The summed E-state index contributed by atoms with van der Waals surface area (Å²) in [5, 5.41) is 5.80. The number of hydrogen-bond acceptors (Lipinski definition) is 3. The number of hydrogen-bond donors (Lipinski definition) is 3. The van der Waals surface area contributed by atoms with Gasteiger partial charge in [-0.25, -0.2) is 0 Å². The van der Waals surface area contributed by atoms with Crippen LogP contribution in [0.25, 0.3) is 0 Å². The second-order valence-corrected chi connectivity index (χ2v) is 6.55. The average molecular weight is 389 g/mol. The minimum absolute atomic E-state index is 0.142. The molecule has 3 aromatic carbocycles. The van der Waals surface area contributed by atoms with E-state index in [2.05, 4.69) is 10.6 Å². The standard InChI is InChI=1S/C22H19N3O2S/c23-20(26)17-12-7-13-18(14-17)24-22(28)25-21(27)19(15-8-3-1-4-9-15)16-10-5-2-6-11-16/h1-14,19H,(H2,23,26)(H2,24,25,27,28). The van der Waals surface area contributed by atoms with E-state index in [9.17, 15) is 9.59 Å². The number of carbonyl (C=O) groups is 2. The molecule has 0 heterocycles. The highest BCUT2D eigenvalue weighted by Gasteiger charge is 2.23. The van der Waals surface area contributed by atoms with Crippen molar-refractivity contribution in [1.82, 2.24) is 5.32 Å². The number of benzene rings is 3. The summed E-state index contributed by atoms with van der Waals surface area (Å²) in [7, 11) is 0. The van der Waals surface area contributed by atoms with Crippen molar-refractivity contribution in [2.45, 2.75) is 5.92 Å². The molecule has 0 fully saturated rings. The predicted molar refractivity (Wildman–Crippen MR) is 114 cm³/mol. The SMILES string of the molecule is NC(=O)c1cccc(NC(=S)NC(=O)C(c2ccccc2)c2ccccc2)c1. The Labute approximate surface area is 168 Å². The zero-order valence-electron chi connectivity index (χ0n) is 15.0. The van der Waals surface area contributed by atoms with Gasteiger partial charge in [0.15, 0.2) is 5.11 Å². The molecule has 0 aliphatic carbocycles. The van der Waals surface area contributed by atoms with Crippen LogP contribution >= 0.6 is 12.2 Å². The largest absolute Gasteiger partial charge is 0.366 e. The number of thiocarbonyl (C=S) groups is 1. The van der Waals surface area contributed by atoms with Gasteiger partial charge in [0, 0.05) is 11.3 Å². The average Bonchev–Trinajstić information content (AvgIpc) is 2.70. The van der Waals surface area contributed by atoms with Gasteiger partial charge >= 0.3 is 0 Å². The fourth-order valence-electron chi connectivity index (χ4n) is 2.88. The van der Waals surface area contributed by atoms with Gasteiger partial charge in [-0.2, -0.15) is 0 Å². The molecule has 0 atom stereocenters. The van der Waals surface area contributed by atoms with Crippen LogP contribution in [-0.4, -0.2) is 16.9 Å². The zero-order chi connectivity index (χ0) is 19.9. The molecule has 6 heteroatoms. The van der Waals surface area contributed by atoms with Gasteiger partial charge < -0.3 is 16.4 Å². The topological polar surface area (TPSA) is 84.2 Å². The van der Waals surface area contributed by atoms with Crippen LogP contribution in [0.3, 0.4) is 0 Å². The molecule has 3 aromatic rings. The molecule has 140 valence electrons. The van der Waals surface area contributed by atoms with Crippen LogP contribution in [0.15, 0.2) is 84.9 Å². The lowest BCUT2D eigenvalue weighted by atomic mass is 9.90. The lowest BCUT2D eigenvalue weighted by molar-refractivity contribution is -0.120. The summed E-state index contributed by atoms with van der Waals surface area (Å²) in [5.74, 6) is -1.29. The molecule has 2 amide bonds. The van der Waals surface area contributed by atoms with Gasteiger partial charge in [0.1, 0.15) is 0 Å². The van der Waals surface area contributed by atoms with Crippen LogP contribution < -0.4 is 16.4 Å². The van der Waals surface area contributed by atoms with E-state index in [1.807, 2.05) is 60.7 Å². The normalized spacial score (nSPS) is 10.3. The molecule has 28 heavy (non-hydrogen) atoms. The molecule has 0 aromatic heterocycles. The second kappa shape index (κ2) is 8.92. The van der Waals surface area contributed by atoms with Crippen molar-refractivity contribution < 1.29 is 9.59 Å². The molecule has 0 aliphatic rings. The highest BCUT2D eigenvalue weighted by molar-refractivity contribution is 7.80. The Balaban J connectivity index is 1.78. The maximum Gasteiger partial charge on any atom is 0.248 e. The van der Waals surface area contributed by atoms with Crippen molar-refractivity contribution in [3.63, 3.8) is 0 Å². The Morgan fingerprint density at radius 2 is 1.39 bits per heavy atom. The number of nitrogens with two attached hydrogens (primary N) is 1. The van der Waals surface area contributed by atoms with Gasteiger partial charge in [-0.1, -0.05) is 66.7 Å². The van der Waals surface area contributed by atoms with E-state index in [0.717, 1.165) is 11.1 Å². The minimum atomic E-state index is -0.535. The first-order valence-electron chi connectivity index (χ1n) is 8.66. The summed E-state index contributed by atoms with van der Waals surface area (Å²) < 4.78 is 0. The van der Waals surface area contributed by atoms with Gasteiger partial charge in [0.25, 0.3) is 0 Å². The number of primary amides is 1. The summed E-state index contributed by atoms with van der Waals surface area (Å²) in [6, 6.07) is 25.6. The van der Waals surface area contributed by atoms with Crippen LogP contribution in [0.1, 0.15) is 27.4 Å². The molecule has 0 saturated heterocycles. The maximum atomic E-state index is 13.0. The van der Waals surface area contributed by atoms with Crippen LogP contribution in [-0.2, 0) is 4.79 Å². The van der Waals surface area contributed by atoms with Gasteiger partial charge in [-0.15, -0.1) is 0 Å². The molecule has 0 bridgehead atoms. The van der Waals surface area contributed by atoms with E-state index >= 15 is 0 Å². The predicted octanol–water partition coefficient (Wildman–Crippen LogP) is 3.43. The summed E-state index contributed by atoms with van der Waals surface area (Å²) in [6.07, 6.45) is 0. The van der Waals surface area contributed by atoms with Crippen LogP contribution in [0.4, 0.5) is 5.69 Å². The van der Waals surface area contributed by atoms with Crippen molar-refractivity contribution in [1.29, 1.82) is 0 Å². The van der Waals surface area contributed by atoms with Crippen LogP contribution in [0, 0.1) is 0 Å². The number of nitrogens with one attached hydrogen (secondary N) is 2. The Bertz CT molecular complexity index is 951. The van der Waals surface area contributed by atoms with Crippen molar-refractivity contribution >= 4 is 34.8 Å². The van der Waals surface area contributed by atoms with E-state index < -0.39 is 11.8 Å². The molecule has 3 rings (SSSR count). The van der Waals surface area contributed by atoms with Gasteiger partial charge in [-0.05, 0) is 41.5 Å². The number of rotatable bonds is 5. The molecule has 0 aliphatic heterocycles. The van der Waals surface area contributed by atoms with E-state index in [4.69, 9.17) is 18.0 Å². The van der Waals surface area contributed by atoms with Crippen molar-refractivity contribution in [3.05, 3.63) is 102 Å². The fraction of sp³-hybridized carbons (Fsp3) is 0.0455. The molecular formula is C22H19N3O2S. The molecule has 0 radical (unpaired) electrons. The molecular weight excluding hydrogens is 370 g/mol. The lowest BCUT2D eigenvalue weighted by Gasteiger charge is -2.18. The third-order valence-electron chi connectivity index (χ3n) is 4.17. The van der Waals surface area contributed by atoms with Crippen molar-refractivity contribution in [2.24, 2.45) is 5.73 Å². The fourth-order valence-corrected chi connectivity index (χ4v) is 3.10. The van der Waals surface area contributed by atoms with Crippen LogP contribution in [0.5, 0.6) is 0 Å². The third-order valence-corrected chi connectivity index (χ3v) is 4.37. The first kappa shape index (κ1) is 19.3. The summed E-state index contributed by atoms with van der Waals surface area (Å²) in [4.78, 5) is 24.3. The summed E-state index contributed by atoms with van der Waals surface area (Å²) in [5.41, 5.74) is 7.94. The number of amides is 2. The highest BCUT2D eigenvalue weighted by Crippen LogP contribution is 2.24. The lowest BCUT2D eigenvalue weighted by Crippen LogP contribution is -2.37. The van der Waals surface area contributed by atoms with E-state index in [0.29, 0.717) is 11.3 Å². The Morgan fingerprint density at radius 3 is 1.93 bits per heavy atom. The smallest absolute Gasteiger partial charge is 0.248 e. The molecule has 5 nitrogen and oxygen atoms in total. The van der Waals surface area contributed by atoms with Gasteiger partial charge in [-0.3, -0.25) is 9.59 Å². The highest BCUT2D eigenvalue weighted by atomic mass is 32.1. The minimum Gasteiger partial charge on any atom is -0.366 e. The Hall–Kier alpha value is -3.51. The summed E-state index contributed by atoms with van der Waals surface area (Å²) in [6.45, 7) is 0. The first-order valence-corrected chi connectivity index (χ1v) is 9.07. The van der Waals surface area contributed by atoms with E-state index in [1.165, 1.54) is 0 Å². The zero-order valence-corrected chi connectivity index (χ0v) is 15.8. The van der Waals surface area contributed by atoms with Gasteiger partial charge in [0.05, 0.1) is 5.92 Å². The monoisotopic (exact) mass is 389 g/mol. The number of carbonyl (C=O) groups excluding carboxylic acids is 2. The first-order chi connectivity index (χ1) is 13.5. The van der Waals surface area contributed by atoms with Crippen molar-refractivity contribution in [3.8, 4) is 0 Å². The molecule has 0 unspecified atom stereocenters. The Morgan fingerprint density at radius 1 is 0.821 bits per heavy atom. The maximum absolute atomic E-state index is 13.0. The van der Waals surface area contributed by atoms with Crippen molar-refractivity contribution in [2.75, 3.05) is 5.32 Å². The third kappa shape index (κ3) is 4.81. The molecule has 4 N–H and O–H groups in total.